The predicted octanol–water partition coefficient (Wildman–Crippen LogP) is 4.17. The molecule has 1 N–H and O–H groups in total. The van der Waals surface area contributed by atoms with Gasteiger partial charge in [0.2, 0.25) is 5.95 Å². The minimum Gasteiger partial charge on any atom is -0.353 e. The molecular formula is C13H13BrClN3. The van der Waals surface area contributed by atoms with Crippen molar-refractivity contribution in [1.29, 1.82) is 0 Å². The zero-order valence-corrected chi connectivity index (χ0v) is 12.3. The van der Waals surface area contributed by atoms with Gasteiger partial charge in [-0.2, -0.15) is 0 Å². The van der Waals surface area contributed by atoms with Gasteiger partial charge in [0.05, 0.1) is 16.4 Å². The van der Waals surface area contributed by atoms with E-state index in [9.17, 15) is 0 Å². The van der Waals surface area contributed by atoms with Gasteiger partial charge in [0, 0.05) is 16.7 Å². The van der Waals surface area contributed by atoms with Crippen molar-refractivity contribution in [3.05, 3.63) is 39.6 Å². The highest BCUT2D eigenvalue weighted by molar-refractivity contribution is 9.10. The van der Waals surface area contributed by atoms with Gasteiger partial charge in [0.25, 0.3) is 0 Å². The Labute approximate surface area is 119 Å². The number of rotatable bonds is 3. The summed E-state index contributed by atoms with van der Waals surface area (Å²) in [5.41, 5.74) is 1.93. The van der Waals surface area contributed by atoms with E-state index in [-0.39, 0.29) is 0 Å². The van der Waals surface area contributed by atoms with E-state index >= 15 is 0 Å². The molecule has 3 nitrogen and oxygen atoms in total. The van der Waals surface area contributed by atoms with Gasteiger partial charge in [-0.15, -0.1) is 0 Å². The number of hydrogen-bond donors (Lipinski definition) is 1. The number of hydrogen-bond acceptors (Lipinski definition) is 2. The van der Waals surface area contributed by atoms with E-state index in [0.717, 1.165) is 21.8 Å². The topological polar surface area (TPSA) is 29.9 Å². The number of aryl methyl sites for hydroxylation is 1. The summed E-state index contributed by atoms with van der Waals surface area (Å²) in [6.45, 7) is 1.99. The van der Waals surface area contributed by atoms with Gasteiger partial charge in [-0.05, 0) is 38.0 Å². The lowest BCUT2D eigenvalue weighted by molar-refractivity contribution is 1.00. The summed E-state index contributed by atoms with van der Waals surface area (Å²) in [7, 11) is 0. The Balaban J connectivity index is 2.03. The van der Waals surface area contributed by atoms with Crippen LogP contribution in [0.5, 0.6) is 0 Å². The quantitative estimate of drug-likeness (QED) is 0.917. The molecule has 1 heterocycles. The van der Waals surface area contributed by atoms with Crippen LogP contribution in [0.1, 0.15) is 18.5 Å². The zero-order chi connectivity index (χ0) is 12.7. The van der Waals surface area contributed by atoms with Gasteiger partial charge in [0.1, 0.15) is 0 Å². The van der Waals surface area contributed by atoms with Crippen molar-refractivity contribution in [3.8, 4) is 5.69 Å². The lowest BCUT2D eigenvalue weighted by Crippen LogP contribution is -2.07. The first kappa shape index (κ1) is 12.1. The van der Waals surface area contributed by atoms with Gasteiger partial charge in [-0.25, -0.2) is 4.98 Å². The van der Waals surface area contributed by atoms with E-state index < -0.39 is 0 Å². The maximum absolute atomic E-state index is 6.29. The van der Waals surface area contributed by atoms with Crippen LogP contribution < -0.4 is 5.32 Å². The molecule has 0 radical (unpaired) electrons. The Morgan fingerprint density at radius 2 is 2.22 bits per heavy atom. The first-order chi connectivity index (χ1) is 8.63. The second-order valence-corrected chi connectivity index (χ2v) is 5.91. The molecule has 0 amide bonds. The number of aromatic nitrogens is 2. The van der Waals surface area contributed by atoms with Gasteiger partial charge in [0.15, 0.2) is 0 Å². The van der Waals surface area contributed by atoms with Crippen LogP contribution in [0.2, 0.25) is 5.02 Å². The molecule has 1 aliphatic carbocycles. The van der Waals surface area contributed by atoms with Crippen LogP contribution in [0, 0.1) is 6.92 Å². The normalized spacial score (nSPS) is 14.8. The van der Waals surface area contributed by atoms with E-state index in [1.165, 1.54) is 12.8 Å². The third kappa shape index (κ3) is 2.40. The van der Waals surface area contributed by atoms with Crippen molar-refractivity contribution < 1.29 is 0 Å². The maximum Gasteiger partial charge on any atom is 0.208 e. The predicted molar refractivity (Wildman–Crippen MR) is 77.7 cm³/mol. The smallest absolute Gasteiger partial charge is 0.208 e. The average molecular weight is 327 g/mol. The van der Waals surface area contributed by atoms with Gasteiger partial charge in [-0.3, -0.25) is 4.57 Å². The van der Waals surface area contributed by atoms with Crippen LogP contribution in [-0.4, -0.2) is 15.6 Å². The number of nitrogens with one attached hydrogen (secondary N) is 1. The third-order valence-electron chi connectivity index (χ3n) is 2.91. The molecule has 0 saturated heterocycles. The van der Waals surface area contributed by atoms with Gasteiger partial charge < -0.3 is 5.32 Å². The average Bonchev–Trinajstić information content (AvgIpc) is 3.03. The third-order valence-corrected chi connectivity index (χ3v) is 3.70. The Bertz CT molecular complexity index is 590. The van der Waals surface area contributed by atoms with Crippen molar-refractivity contribution in [3.63, 3.8) is 0 Å². The fourth-order valence-electron chi connectivity index (χ4n) is 1.87. The molecule has 1 saturated carbocycles. The molecule has 1 fully saturated rings. The summed E-state index contributed by atoms with van der Waals surface area (Å²) in [6.07, 6.45) is 4.44. The maximum atomic E-state index is 6.29. The number of imidazole rings is 1. The zero-order valence-electron chi connectivity index (χ0n) is 9.95. The second kappa shape index (κ2) is 4.59. The molecule has 0 bridgehead atoms. The van der Waals surface area contributed by atoms with Crippen LogP contribution in [0.15, 0.2) is 28.9 Å². The van der Waals surface area contributed by atoms with Crippen LogP contribution in [0.4, 0.5) is 5.95 Å². The molecule has 1 aromatic heterocycles. The molecule has 3 rings (SSSR count). The molecule has 0 unspecified atom stereocenters. The number of benzene rings is 1. The molecule has 1 aliphatic rings. The lowest BCUT2D eigenvalue weighted by Gasteiger charge is -2.10. The summed E-state index contributed by atoms with van der Waals surface area (Å²) in [5.74, 6) is 0.874. The molecule has 18 heavy (non-hydrogen) atoms. The van der Waals surface area contributed by atoms with E-state index in [1.807, 2.05) is 35.9 Å². The minimum absolute atomic E-state index is 0.569. The molecule has 2 aromatic rings. The summed E-state index contributed by atoms with van der Waals surface area (Å²) >= 11 is 9.71. The van der Waals surface area contributed by atoms with Crippen molar-refractivity contribution in [1.82, 2.24) is 9.55 Å². The Morgan fingerprint density at radius 3 is 2.89 bits per heavy atom. The fourth-order valence-corrected chi connectivity index (χ4v) is 2.63. The molecule has 0 aliphatic heterocycles. The highest BCUT2D eigenvalue weighted by Crippen LogP contribution is 2.30. The number of anilines is 1. The van der Waals surface area contributed by atoms with Gasteiger partial charge >= 0.3 is 0 Å². The fraction of sp³-hybridized carbons (Fsp3) is 0.308. The monoisotopic (exact) mass is 325 g/mol. The summed E-state index contributed by atoms with van der Waals surface area (Å²) in [4.78, 5) is 4.51. The van der Waals surface area contributed by atoms with Gasteiger partial charge in [-0.1, -0.05) is 27.5 Å². The van der Waals surface area contributed by atoms with Crippen LogP contribution in [0.25, 0.3) is 5.69 Å². The standard InChI is InChI=1S/C13H13BrClN3/c1-8-7-18(13(16-8)17-10-3-4-10)12-5-2-9(14)6-11(12)15/h2,5-7,10H,3-4H2,1H3,(H,16,17). The van der Waals surface area contributed by atoms with Crippen LogP contribution in [0.3, 0.4) is 0 Å². The molecule has 0 spiro atoms. The summed E-state index contributed by atoms with van der Waals surface area (Å²) < 4.78 is 2.99. The molecule has 5 heteroatoms. The van der Waals surface area contributed by atoms with E-state index in [2.05, 4.69) is 26.2 Å². The SMILES string of the molecule is Cc1cn(-c2ccc(Br)cc2Cl)c(NC2CC2)n1. The molecule has 94 valence electrons. The molecule has 1 aromatic carbocycles. The van der Waals surface area contributed by atoms with Crippen molar-refractivity contribution >= 4 is 33.5 Å². The Hall–Kier alpha value is -1.00. The number of halogens is 2. The van der Waals surface area contributed by atoms with E-state index in [1.54, 1.807) is 0 Å². The molecule has 0 atom stereocenters. The summed E-state index contributed by atoms with van der Waals surface area (Å²) in [5, 5.41) is 4.14. The second-order valence-electron chi connectivity index (χ2n) is 4.59. The summed E-state index contributed by atoms with van der Waals surface area (Å²) in [6, 6.07) is 6.44. The van der Waals surface area contributed by atoms with Crippen molar-refractivity contribution in [2.24, 2.45) is 0 Å². The van der Waals surface area contributed by atoms with Crippen LogP contribution >= 0.6 is 27.5 Å². The lowest BCUT2D eigenvalue weighted by atomic mass is 10.3. The highest BCUT2D eigenvalue weighted by Gasteiger charge is 2.23. The van der Waals surface area contributed by atoms with Crippen LogP contribution in [-0.2, 0) is 0 Å². The molecular weight excluding hydrogens is 314 g/mol. The largest absolute Gasteiger partial charge is 0.353 e. The van der Waals surface area contributed by atoms with E-state index in [4.69, 9.17) is 11.6 Å². The first-order valence-corrected chi connectivity index (χ1v) is 7.08. The highest BCUT2D eigenvalue weighted by atomic mass is 79.9. The number of nitrogens with zero attached hydrogens (tertiary/aromatic N) is 2. The van der Waals surface area contributed by atoms with Crippen molar-refractivity contribution in [2.75, 3.05) is 5.32 Å². The van der Waals surface area contributed by atoms with E-state index in [0.29, 0.717) is 11.1 Å². The first-order valence-electron chi connectivity index (χ1n) is 5.91. The Kier molecular flexibility index (Phi) is 3.08. The Morgan fingerprint density at radius 1 is 1.44 bits per heavy atom. The minimum atomic E-state index is 0.569. The van der Waals surface area contributed by atoms with Crippen molar-refractivity contribution in [2.45, 2.75) is 25.8 Å².